The topological polar surface area (TPSA) is 91.8 Å². The molecule has 0 bridgehead atoms. The Hall–Kier alpha value is -3.19. The van der Waals surface area contributed by atoms with E-state index >= 15 is 0 Å². The fraction of sp³-hybridized carbons (Fsp3) is 0.111. The van der Waals surface area contributed by atoms with E-state index in [1.54, 1.807) is 12.1 Å². The zero-order chi connectivity index (χ0) is 18.5. The lowest BCUT2D eigenvalue weighted by molar-refractivity contribution is -0.114. The zero-order valence-electron chi connectivity index (χ0n) is 14.2. The van der Waals surface area contributed by atoms with E-state index in [-0.39, 0.29) is 5.91 Å². The highest BCUT2D eigenvalue weighted by Crippen LogP contribution is 2.24. The molecule has 2 aromatic carbocycles. The highest BCUT2D eigenvalue weighted by molar-refractivity contribution is 6.30. The summed E-state index contributed by atoms with van der Waals surface area (Å²) in [5, 5.41) is 17.5. The molecule has 0 saturated carbocycles. The summed E-state index contributed by atoms with van der Waals surface area (Å²) in [5.74, 6) is 0.726. The summed E-state index contributed by atoms with van der Waals surface area (Å²) < 4.78 is 0. The molecule has 3 rings (SSSR count). The minimum Gasteiger partial charge on any atom is -0.339 e. The molecular weight excluding hydrogens is 352 g/mol. The monoisotopic (exact) mass is 368 g/mol. The van der Waals surface area contributed by atoms with E-state index in [1.165, 1.54) is 13.1 Å². The SMILES string of the molecule is CC(=O)Nc1cccc(Nc2nncc(Nc3cc(Cl)ccc3C)n2)c1. The highest BCUT2D eigenvalue weighted by Gasteiger charge is 2.05. The van der Waals surface area contributed by atoms with E-state index < -0.39 is 0 Å². The second kappa shape index (κ2) is 7.79. The molecule has 0 unspecified atom stereocenters. The van der Waals surface area contributed by atoms with E-state index in [9.17, 15) is 4.79 Å². The summed E-state index contributed by atoms with van der Waals surface area (Å²) in [5.41, 5.74) is 3.29. The van der Waals surface area contributed by atoms with Gasteiger partial charge in [-0.15, -0.1) is 5.10 Å². The second-order valence-corrected chi connectivity index (χ2v) is 6.07. The van der Waals surface area contributed by atoms with Crippen LogP contribution in [0.3, 0.4) is 0 Å². The van der Waals surface area contributed by atoms with Crippen LogP contribution < -0.4 is 16.0 Å². The average molecular weight is 369 g/mol. The van der Waals surface area contributed by atoms with Gasteiger partial charge in [0.2, 0.25) is 11.9 Å². The molecule has 0 saturated heterocycles. The molecular formula is C18H17ClN6O. The third-order valence-corrected chi connectivity index (χ3v) is 3.70. The fourth-order valence-electron chi connectivity index (χ4n) is 2.29. The van der Waals surface area contributed by atoms with Crippen molar-refractivity contribution in [3.63, 3.8) is 0 Å². The molecule has 0 aliphatic rings. The molecule has 8 heteroatoms. The minimum atomic E-state index is -0.136. The first-order valence-electron chi connectivity index (χ1n) is 7.87. The van der Waals surface area contributed by atoms with Gasteiger partial charge in [0.1, 0.15) is 0 Å². The Morgan fingerprint density at radius 3 is 2.69 bits per heavy atom. The number of hydrogen-bond donors (Lipinski definition) is 3. The first-order chi connectivity index (χ1) is 12.5. The van der Waals surface area contributed by atoms with Crippen molar-refractivity contribution >= 4 is 46.3 Å². The first kappa shape index (κ1) is 17.6. The summed E-state index contributed by atoms with van der Waals surface area (Å²) in [6.07, 6.45) is 1.53. The Balaban J connectivity index is 1.77. The van der Waals surface area contributed by atoms with Crippen LogP contribution in [0.1, 0.15) is 12.5 Å². The van der Waals surface area contributed by atoms with Crippen molar-refractivity contribution in [2.45, 2.75) is 13.8 Å². The van der Waals surface area contributed by atoms with Crippen molar-refractivity contribution in [1.29, 1.82) is 0 Å². The summed E-state index contributed by atoms with van der Waals surface area (Å²) in [6, 6.07) is 12.8. The number of rotatable bonds is 5. The molecule has 132 valence electrons. The normalized spacial score (nSPS) is 10.3. The molecule has 0 atom stereocenters. The third-order valence-electron chi connectivity index (χ3n) is 3.46. The van der Waals surface area contributed by atoms with Crippen LogP contribution in [0.15, 0.2) is 48.7 Å². The van der Waals surface area contributed by atoms with E-state index in [1.807, 2.05) is 37.3 Å². The Kier molecular flexibility index (Phi) is 5.28. The van der Waals surface area contributed by atoms with Gasteiger partial charge in [-0.25, -0.2) is 0 Å². The predicted molar refractivity (Wildman–Crippen MR) is 103 cm³/mol. The van der Waals surface area contributed by atoms with Gasteiger partial charge in [-0.3, -0.25) is 4.79 Å². The number of hydrogen-bond acceptors (Lipinski definition) is 6. The van der Waals surface area contributed by atoms with E-state index in [0.29, 0.717) is 22.5 Å². The smallest absolute Gasteiger partial charge is 0.249 e. The maximum absolute atomic E-state index is 11.2. The number of carbonyl (C=O) groups excluding carboxylic acids is 1. The van der Waals surface area contributed by atoms with Crippen molar-refractivity contribution in [3.8, 4) is 0 Å². The van der Waals surface area contributed by atoms with Gasteiger partial charge in [0.15, 0.2) is 5.82 Å². The van der Waals surface area contributed by atoms with Crippen molar-refractivity contribution in [2.24, 2.45) is 0 Å². The fourth-order valence-corrected chi connectivity index (χ4v) is 2.46. The molecule has 0 aliphatic heterocycles. The van der Waals surface area contributed by atoms with Gasteiger partial charge < -0.3 is 16.0 Å². The lowest BCUT2D eigenvalue weighted by atomic mass is 10.2. The molecule has 26 heavy (non-hydrogen) atoms. The average Bonchev–Trinajstić information content (AvgIpc) is 2.58. The predicted octanol–water partition coefficient (Wildman–Crippen LogP) is 4.28. The number of nitrogens with one attached hydrogen (secondary N) is 3. The molecule has 1 aromatic heterocycles. The number of aryl methyl sites for hydroxylation is 1. The van der Waals surface area contributed by atoms with Crippen LogP contribution in [0.25, 0.3) is 0 Å². The molecule has 3 N–H and O–H groups in total. The van der Waals surface area contributed by atoms with Gasteiger partial charge in [-0.05, 0) is 42.8 Å². The lowest BCUT2D eigenvalue weighted by Crippen LogP contribution is -2.06. The van der Waals surface area contributed by atoms with Gasteiger partial charge >= 0.3 is 0 Å². The molecule has 0 spiro atoms. The second-order valence-electron chi connectivity index (χ2n) is 5.64. The van der Waals surface area contributed by atoms with Crippen LogP contribution in [0.2, 0.25) is 5.02 Å². The molecule has 0 radical (unpaired) electrons. The molecule has 1 amide bonds. The number of nitrogens with zero attached hydrogens (tertiary/aromatic N) is 3. The largest absolute Gasteiger partial charge is 0.339 e. The number of anilines is 5. The van der Waals surface area contributed by atoms with Crippen LogP contribution in [0.5, 0.6) is 0 Å². The third kappa shape index (κ3) is 4.67. The maximum Gasteiger partial charge on any atom is 0.249 e. The Morgan fingerprint density at radius 2 is 1.88 bits per heavy atom. The van der Waals surface area contributed by atoms with E-state index in [4.69, 9.17) is 11.6 Å². The number of aromatic nitrogens is 3. The van der Waals surface area contributed by atoms with Crippen molar-refractivity contribution in [2.75, 3.05) is 16.0 Å². The molecule has 7 nitrogen and oxygen atoms in total. The van der Waals surface area contributed by atoms with Crippen molar-refractivity contribution in [3.05, 3.63) is 59.2 Å². The van der Waals surface area contributed by atoms with Crippen LogP contribution in [-0.2, 0) is 4.79 Å². The molecule has 0 fully saturated rings. The maximum atomic E-state index is 11.2. The standard InChI is InChI=1S/C18H17ClN6O/c1-11-6-7-13(19)8-16(11)23-17-10-20-25-18(24-17)22-15-5-3-4-14(9-15)21-12(2)26/h3-10H,1-2H3,(H,21,26)(H2,22,23,24,25). The van der Waals surface area contributed by atoms with Gasteiger partial charge in [-0.1, -0.05) is 23.7 Å². The Bertz CT molecular complexity index is 946. The summed E-state index contributed by atoms with van der Waals surface area (Å²) in [4.78, 5) is 15.6. The van der Waals surface area contributed by atoms with Gasteiger partial charge in [0.05, 0.1) is 6.20 Å². The van der Waals surface area contributed by atoms with Gasteiger partial charge in [-0.2, -0.15) is 10.1 Å². The summed E-state index contributed by atoms with van der Waals surface area (Å²) in [6.45, 7) is 3.43. The Labute approximate surface area is 155 Å². The number of carbonyl (C=O) groups is 1. The minimum absolute atomic E-state index is 0.136. The van der Waals surface area contributed by atoms with Gasteiger partial charge in [0, 0.05) is 29.0 Å². The first-order valence-corrected chi connectivity index (χ1v) is 8.25. The van der Waals surface area contributed by atoms with E-state index in [0.717, 1.165) is 16.9 Å². The molecule has 3 aromatic rings. The quantitative estimate of drug-likeness (QED) is 0.622. The van der Waals surface area contributed by atoms with Gasteiger partial charge in [0.25, 0.3) is 0 Å². The number of amides is 1. The van der Waals surface area contributed by atoms with E-state index in [2.05, 4.69) is 31.1 Å². The van der Waals surface area contributed by atoms with Crippen LogP contribution in [0.4, 0.5) is 28.8 Å². The van der Waals surface area contributed by atoms with Crippen molar-refractivity contribution < 1.29 is 4.79 Å². The number of halogens is 1. The lowest BCUT2D eigenvalue weighted by Gasteiger charge is -2.10. The highest BCUT2D eigenvalue weighted by atomic mass is 35.5. The van der Waals surface area contributed by atoms with Crippen LogP contribution >= 0.6 is 11.6 Å². The molecule has 0 aliphatic carbocycles. The summed E-state index contributed by atoms with van der Waals surface area (Å²) >= 11 is 6.04. The van der Waals surface area contributed by atoms with Crippen LogP contribution in [0, 0.1) is 6.92 Å². The summed E-state index contributed by atoms with van der Waals surface area (Å²) in [7, 11) is 0. The van der Waals surface area contributed by atoms with Crippen LogP contribution in [-0.4, -0.2) is 21.1 Å². The number of benzene rings is 2. The molecule has 1 heterocycles. The van der Waals surface area contributed by atoms with Crippen molar-refractivity contribution in [1.82, 2.24) is 15.2 Å². The Morgan fingerprint density at radius 1 is 1.08 bits per heavy atom. The zero-order valence-corrected chi connectivity index (χ0v) is 15.0.